The molecule has 0 radical (unpaired) electrons. The van der Waals surface area contributed by atoms with Gasteiger partial charge in [-0.25, -0.2) is 9.18 Å². The number of non-ortho nitro benzene ring substituents is 1. The number of hydrogen-bond acceptors (Lipinski definition) is 10. The van der Waals surface area contributed by atoms with Crippen molar-refractivity contribution in [1.29, 1.82) is 0 Å². The average molecular weight is 606 g/mol. The number of esters is 2. The summed E-state index contributed by atoms with van der Waals surface area (Å²) in [7, 11) is 0. The summed E-state index contributed by atoms with van der Waals surface area (Å²) in [5, 5.41) is 13.5. The van der Waals surface area contributed by atoms with E-state index in [-0.39, 0.29) is 53.5 Å². The minimum Gasteiger partial charge on any atom is -0.465 e. The number of benzene rings is 2. The largest absolute Gasteiger partial charge is 0.465 e. The van der Waals surface area contributed by atoms with Crippen LogP contribution in [0.1, 0.15) is 42.5 Å². The molecule has 10 nitrogen and oxygen atoms in total. The Morgan fingerprint density at radius 3 is 2.49 bits per heavy atom. The van der Waals surface area contributed by atoms with Crippen molar-refractivity contribution in [2.24, 2.45) is 11.7 Å². The van der Waals surface area contributed by atoms with E-state index in [4.69, 9.17) is 15.2 Å². The number of hydrogen-bond donors (Lipinski definition) is 1. The average Bonchev–Trinajstić information content (AvgIpc) is 3.51. The van der Waals surface area contributed by atoms with Gasteiger partial charge in [0, 0.05) is 34.2 Å². The van der Waals surface area contributed by atoms with Crippen molar-refractivity contribution in [3.63, 3.8) is 0 Å². The molecule has 0 saturated carbocycles. The number of Topliss-reactive ketones (excluding diaryl/α,β-unsaturated/α-hetero) is 1. The van der Waals surface area contributed by atoms with Crippen LogP contribution in [-0.4, -0.2) is 35.9 Å². The van der Waals surface area contributed by atoms with E-state index in [1.54, 1.807) is 32.0 Å². The van der Waals surface area contributed by atoms with Crippen LogP contribution in [0.25, 0.3) is 0 Å². The molecule has 1 aromatic heterocycles. The first-order valence-corrected chi connectivity index (χ1v) is 14.5. The topological polar surface area (TPSA) is 142 Å². The summed E-state index contributed by atoms with van der Waals surface area (Å²) in [6.45, 7) is 3.25. The number of halogens is 1. The molecule has 2 aliphatic rings. The van der Waals surface area contributed by atoms with Crippen LogP contribution in [0.15, 0.2) is 88.7 Å². The molecule has 3 aromatic rings. The number of nitro groups is 1. The van der Waals surface area contributed by atoms with Crippen LogP contribution in [0.4, 0.5) is 15.8 Å². The van der Waals surface area contributed by atoms with Crippen LogP contribution in [0.2, 0.25) is 0 Å². The Morgan fingerprint density at radius 1 is 1.09 bits per heavy atom. The van der Waals surface area contributed by atoms with Crippen molar-refractivity contribution in [3.05, 3.63) is 115 Å². The molecule has 0 saturated heterocycles. The monoisotopic (exact) mass is 605 g/mol. The van der Waals surface area contributed by atoms with Gasteiger partial charge in [-0.2, -0.15) is 0 Å². The maximum absolute atomic E-state index is 14.7. The lowest BCUT2D eigenvalue weighted by atomic mass is 9.68. The van der Waals surface area contributed by atoms with Crippen LogP contribution in [0.5, 0.6) is 0 Å². The summed E-state index contributed by atoms with van der Waals surface area (Å²) < 4.78 is 25.3. The fourth-order valence-electron chi connectivity index (χ4n) is 5.77. The Labute approximate surface area is 250 Å². The zero-order chi connectivity index (χ0) is 30.8. The first-order chi connectivity index (χ1) is 20.7. The molecule has 0 amide bonds. The van der Waals surface area contributed by atoms with Gasteiger partial charge in [0.05, 0.1) is 35.3 Å². The number of rotatable bonds is 8. The van der Waals surface area contributed by atoms with Crippen molar-refractivity contribution in [2.45, 2.75) is 32.1 Å². The first-order valence-electron chi connectivity index (χ1n) is 13.6. The molecular weight excluding hydrogens is 577 g/mol. The fraction of sp³-hybridized carbons (Fsp3) is 0.258. The highest BCUT2D eigenvalue weighted by molar-refractivity contribution is 7.10. The first kappa shape index (κ1) is 29.6. The van der Waals surface area contributed by atoms with Gasteiger partial charge >= 0.3 is 11.9 Å². The molecule has 5 rings (SSSR count). The van der Waals surface area contributed by atoms with E-state index in [1.165, 1.54) is 52.6 Å². The molecule has 0 fully saturated rings. The molecule has 2 aromatic carbocycles. The number of anilines is 1. The maximum atomic E-state index is 14.7. The zero-order valence-corrected chi connectivity index (χ0v) is 24.1. The fourth-order valence-corrected chi connectivity index (χ4v) is 6.64. The van der Waals surface area contributed by atoms with Crippen LogP contribution < -0.4 is 10.6 Å². The van der Waals surface area contributed by atoms with E-state index in [9.17, 15) is 28.9 Å². The Bertz CT molecular complexity index is 1670. The normalized spacial score (nSPS) is 20.1. The van der Waals surface area contributed by atoms with Crippen LogP contribution >= 0.6 is 11.3 Å². The van der Waals surface area contributed by atoms with Gasteiger partial charge in [-0.1, -0.05) is 24.3 Å². The lowest BCUT2D eigenvalue weighted by Gasteiger charge is -2.43. The van der Waals surface area contributed by atoms with E-state index in [0.29, 0.717) is 5.70 Å². The van der Waals surface area contributed by atoms with E-state index in [2.05, 4.69) is 0 Å². The Balaban J connectivity index is 1.84. The molecular formula is C31H28FN3O7S. The number of ketones is 1. The maximum Gasteiger partial charge on any atom is 0.338 e. The molecule has 3 atom stereocenters. The van der Waals surface area contributed by atoms with Crippen molar-refractivity contribution in [3.8, 4) is 0 Å². The molecule has 0 bridgehead atoms. The third-order valence-electron chi connectivity index (χ3n) is 7.46. The summed E-state index contributed by atoms with van der Waals surface area (Å²) in [5.41, 5.74) is 7.17. The standard InChI is InChI=1S/C31H28FN3O7S/c1-3-41-30(37)25-21(23-12-7-13-43-23)16-22-26(28(25)36)24(17-8-5-11-20(14-17)35(39)40)27(31(38)42-4-2)29(33)34(22)19-10-6-9-18(32)15-19/h5-15,21,24-25H,3-4,16,33H2,1-2H3/t21-,24-,25+/m0/s1. The van der Waals surface area contributed by atoms with E-state index >= 15 is 0 Å². The van der Waals surface area contributed by atoms with Crippen LogP contribution in [0, 0.1) is 21.8 Å². The minimum atomic E-state index is -1.27. The van der Waals surface area contributed by atoms with Crippen molar-refractivity contribution in [1.82, 2.24) is 0 Å². The third-order valence-corrected chi connectivity index (χ3v) is 8.47. The van der Waals surface area contributed by atoms with E-state index in [0.717, 1.165) is 4.88 Å². The molecule has 222 valence electrons. The molecule has 1 aliphatic heterocycles. The number of ether oxygens (including phenoxy) is 2. The summed E-state index contributed by atoms with van der Waals surface area (Å²) in [5.74, 6) is -6.03. The van der Waals surface area contributed by atoms with Crippen LogP contribution in [0.3, 0.4) is 0 Å². The van der Waals surface area contributed by atoms with Gasteiger partial charge in [0.15, 0.2) is 5.78 Å². The van der Waals surface area contributed by atoms with Gasteiger partial charge in [0.2, 0.25) is 0 Å². The number of carbonyl (C=O) groups is 3. The predicted octanol–water partition coefficient (Wildman–Crippen LogP) is 5.32. The number of thiophene rings is 1. The molecule has 12 heteroatoms. The van der Waals surface area contributed by atoms with Crippen LogP contribution in [-0.2, 0) is 23.9 Å². The molecule has 0 spiro atoms. The molecule has 1 aliphatic carbocycles. The second-order valence-corrected chi connectivity index (χ2v) is 10.9. The molecule has 0 unspecified atom stereocenters. The zero-order valence-electron chi connectivity index (χ0n) is 23.3. The number of nitro benzene ring substituents is 1. The van der Waals surface area contributed by atoms with Gasteiger partial charge in [-0.15, -0.1) is 11.3 Å². The highest BCUT2D eigenvalue weighted by Gasteiger charge is 2.51. The minimum absolute atomic E-state index is 0.0248. The Morgan fingerprint density at radius 2 is 1.84 bits per heavy atom. The number of nitrogens with two attached hydrogens (primary N) is 1. The Hall–Kier alpha value is -4.84. The Kier molecular flexibility index (Phi) is 8.40. The van der Waals surface area contributed by atoms with Crippen molar-refractivity contribution < 1.29 is 33.2 Å². The van der Waals surface area contributed by atoms with Gasteiger partial charge < -0.3 is 15.2 Å². The smallest absolute Gasteiger partial charge is 0.338 e. The summed E-state index contributed by atoms with van der Waals surface area (Å²) >= 11 is 1.37. The second kappa shape index (κ2) is 12.2. The van der Waals surface area contributed by atoms with E-state index in [1.807, 2.05) is 11.4 Å². The predicted molar refractivity (Wildman–Crippen MR) is 156 cm³/mol. The SMILES string of the molecule is CCOC(=O)C1=C(N)N(c2cccc(F)c2)C2=C(C(=O)[C@H](C(=O)OCC)[C@H](c3cccs3)C2)[C@@H]1c1cccc([N+](=O)[O-])c1. The number of nitrogens with zero attached hydrogens (tertiary/aromatic N) is 2. The van der Waals surface area contributed by atoms with Crippen molar-refractivity contribution in [2.75, 3.05) is 18.1 Å². The highest BCUT2D eigenvalue weighted by atomic mass is 32.1. The van der Waals surface area contributed by atoms with Crippen molar-refractivity contribution >= 4 is 40.4 Å². The lowest BCUT2D eigenvalue weighted by molar-refractivity contribution is -0.384. The molecule has 2 heterocycles. The number of allylic oxidation sites excluding steroid dienone is 2. The highest BCUT2D eigenvalue weighted by Crippen LogP contribution is 2.52. The lowest BCUT2D eigenvalue weighted by Crippen LogP contribution is -2.46. The molecule has 2 N–H and O–H groups in total. The van der Waals surface area contributed by atoms with Gasteiger partial charge in [0.1, 0.15) is 17.6 Å². The van der Waals surface area contributed by atoms with E-state index < -0.39 is 46.2 Å². The molecule has 43 heavy (non-hydrogen) atoms. The third kappa shape index (κ3) is 5.41. The van der Waals surface area contributed by atoms with Gasteiger partial charge in [-0.05, 0) is 55.5 Å². The second-order valence-electron chi connectivity index (χ2n) is 9.90. The number of carbonyl (C=O) groups excluding carboxylic acids is 3. The summed E-state index contributed by atoms with van der Waals surface area (Å²) in [6.07, 6.45) is 0.101. The quantitative estimate of drug-likeness (QED) is 0.156. The summed E-state index contributed by atoms with van der Waals surface area (Å²) in [4.78, 5) is 55.0. The summed E-state index contributed by atoms with van der Waals surface area (Å²) in [6, 6.07) is 14.7. The van der Waals surface area contributed by atoms with Gasteiger partial charge in [-0.3, -0.25) is 24.6 Å². The van der Waals surface area contributed by atoms with Gasteiger partial charge in [0.25, 0.3) is 5.69 Å².